The fraction of sp³-hybridized carbons (Fsp3) is 0.111. The summed E-state index contributed by atoms with van der Waals surface area (Å²) in [7, 11) is 0. The SMILES string of the molecule is Fc1cccc(C#CCBr)c1.OCC#Cc1cccc(F)c1. The quantitative estimate of drug-likeness (QED) is 0.559. The van der Waals surface area contributed by atoms with Crippen molar-refractivity contribution in [2.45, 2.75) is 0 Å². The van der Waals surface area contributed by atoms with Crippen LogP contribution in [-0.2, 0) is 0 Å². The fourth-order valence-corrected chi connectivity index (χ4v) is 1.55. The molecule has 4 heteroatoms. The summed E-state index contributed by atoms with van der Waals surface area (Å²) in [5, 5.41) is 8.94. The molecule has 0 radical (unpaired) electrons. The van der Waals surface area contributed by atoms with Crippen molar-refractivity contribution in [1.29, 1.82) is 0 Å². The molecule has 0 spiro atoms. The van der Waals surface area contributed by atoms with Crippen LogP contribution in [-0.4, -0.2) is 17.0 Å². The number of aliphatic hydroxyl groups is 1. The largest absolute Gasteiger partial charge is 0.384 e. The predicted octanol–water partition coefficient (Wildman–Crippen LogP) is 3.74. The minimum atomic E-state index is -0.310. The Morgan fingerprint density at radius 3 is 1.77 bits per heavy atom. The van der Waals surface area contributed by atoms with E-state index in [0.29, 0.717) is 16.5 Å². The summed E-state index contributed by atoms with van der Waals surface area (Å²) in [5.41, 5.74) is 1.29. The molecule has 0 unspecified atom stereocenters. The summed E-state index contributed by atoms with van der Waals surface area (Å²) >= 11 is 3.16. The molecule has 1 nitrogen and oxygen atoms in total. The predicted molar refractivity (Wildman–Crippen MR) is 87.4 cm³/mol. The number of halogens is 3. The Bertz CT molecular complexity index is 657. The molecular formula is C18H13BrF2O. The van der Waals surface area contributed by atoms with Gasteiger partial charge in [0.15, 0.2) is 0 Å². The fourth-order valence-electron chi connectivity index (χ4n) is 1.41. The standard InChI is InChI=1S/C9H6BrF.C9H7FO/c10-6-2-4-8-3-1-5-9(11)7-8;10-9-5-1-3-8(7-9)4-2-6-11/h1,3,5,7H,6H2;1,3,5,7,11H,6H2. The van der Waals surface area contributed by atoms with Crippen molar-refractivity contribution in [2.24, 2.45) is 0 Å². The van der Waals surface area contributed by atoms with Gasteiger partial charge in [0, 0.05) is 11.1 Å². The van der Waals surface area contributed by atoms with Gasteiger partial charge in [0.25, 0.3) is 0 Å². The lowest BCUT2D eigenvalue weighted by atomic mass is 10.2. The molecule has 0 amide bonds. The van der Waals surface area contributed by atoms with Gasteiger partial charge in [-0.25, -0.2) is 8.78 Å². The number of aliphatic hydroxyl groups excluding tert-OH is 1. The van der Waals surface area contributed by atoms with Crippen LogP contribution in [0.2, 0.25) is 0 Å². The highest BCUT2D eigenvalue weighted by molar-refractivity contribution is 9.09. The Balaban J connectivity index is 0.000000220. The van der Waals surface area contributed by atoms with Crippen LogP contribution < -0.4 is 0 Å². The summed E-state index contributed by atoms with van der Waals surface area (Å²) in [6, 6.07) is 12.2. The van der Waals surface area contributed by atoms with Crippen molar-refractivity contribution < 1.29 is 13.9 Å². The zero-order chi connectivity index (χ0) is 16.2. The van der Waals surface area contributed by atoms with E-state index in [1.807, 2.05) is 0 Å². The molecular weight excluding hydrogens is 350 g/mol. The zero-order valence-electron chi connectivity index (χ0n) is 11.6. The molecule has 2 rings (SSSR count). The van der Waals surface area contributed by atoms with Crippen LogP contribution in [0.3, 0.4) is 0 Å². The first-order chi connectivity index (χ1) is 10.7. The molecule has 0 heterocycles. The molecule has 0 fully saturated rings. The van der Waals surface area contributed by atoms with Crippen LogP contribution >= 0.6 is 15.9 Å². The van der Waals surface area contributed by atoms with Crippen LogP contribution in [0.5, 0.6) is 0 Å². The molecule has 0 saturated heterocycles. The molecule has 0 bridgehead atoms. The van der Waals surface area contributed by atoms with Crippen molar-refractivity contribution in [3.63, 3.8) is 0 Å². The van der Waals surface area contributed by atoms with E-state index >= 15 is 0 Å². The van der Waals surface area contributed by atoms with Gasteiger partial charge in [-0.3, -0.25) is 0 Å². The highest BCUT2D eigenvalue weighted by Crippen LogP contribution is 2.01. The molecule has 0 aliphatic heterocycles. The van der Waals surface area contributed by atoms with E-state index < -0.39 is 0 Å². The summed E-state index contributed by atoms with van der Waals surface area (Å²) < 4.78 is 25.0. The third kappa shape index (κ3) is 7.59. The maximum absolute atomic E-state index is 12.5. The minimum Gasteiger partial charge on any atom is -0.384 e. The smallest absolute Gasteiger partial charge is 0.124 e. The minimum absolute atomic E-state index is 0.198. The Kier molecular flexibility index (Phi) is 8.60. The normalized spacial score (nSPS) is 8.55. The third-order valence-corrected chi connectivity index (χ3v) is 2.54. The van der Waals surface area contributed by atoms with Crippen molar-refractivity contribution in [3.05, 3.63) is 71.3 Å². The Morgan fingerprint density at radius 1 is 0.864 bits per heavy atom. The van der Waals surface area contributed by atoms with Crippen LogP contribution in [0, 0.1) is 35.3 Å². The van der Waals surface area contributed by atoms with Crippen molar-refractivity contribution in [1.82, 2.24) is 0 Å². The van der Waals surface area contributed by atoms with Gasteiger partial charge in [0.05, 0.1) is 5.33 Å². The van der Waals surface area contributed by atoms with Crippen molar-refractivity contribution in [3.8, 4) is 23.7 Å². The maximum Gasteiger partial charge on any atom is 0.124 e. The highest BCUT2D eigenvalue weighted by Gasteiger charge is 1.89. The molecule has 0 aliphatic rings. The molecule has 0 aromatic heterocycles. The van der Waals surface area contributed by atoms with Crippen LogP contribution in [0.25, 0.3) is 0 Å². The van der Waals surface area contributed by atoms with Crippen LogP contribution in [0.4, 0.5) is 8.78 Å². The molecule has 112 valence electrons. The van der Waals surface area contributed by atoms with Gasteiger partial charge >= 0.3 is 0 Å². The molecule has 1 N–H and O–H groups in total. The van der Waals surface area contributed by atoms with Crippen LogP contribution in [0.15, 0.2) is 48.5 Å². The molecule has 0 aliphatic carbocycles. The summed E-state index contributed by atoms with van der Waals surface area (Å²) in [4.78, 5) is 0. The van der Waals surface area contributed by atoms with Gasteiger partial charge in [-0.15, -0.1) is 0 Å². The second-order valence-corrected chi connectivity index (χ2v) is 4.48. The number of hydrogen-bond donors (Lipinski definition) is 1. The Hall–Kier alpha value is -2.14. The summed E-state index contributed by atoms with van der Waals surface area (Å²) in [6.45, 7) is -0.198. The second kappa shape index (κ2) is 10.6. The molecule has 0 atom stereocenters. The van der Waals surface area contributed by atoms with Gasteiger partial charge in [0.1, 0.15) is 18.2 Å². The monoisotopic (exact) mass is 362 g/mol. The molecule has 2 aromatic rings. The van der Waals surface area contributed by atoms with E-state index in [1.165, 1.54) is 24.3 Å². The first-order valence-electron chi connectivity index (χ1n) is 6.31. The summed E-state index contributed by atoms with van der Waals surface area (Å²) in [6.07, 6.45) is 0. The second-order valence-electron chi connectivity index (χ2n) is 3.92. The number of benzene rings is 2. The van der Waals surface area contributed by atoms with E-state index in [0.717, 1.165) is 0 Å². The van der Waals surface area contributed by atoms with Gasteiger partial charge in [-0.1, -0.05) is 51.7 Å². The van der Waals surface area contributed by atoms with Gasteiger partial charge in [-0.2, -0.15) is 0 Å². The lowest BCUT2D eigenvalue weighted by Gasteiger charge is -1.88. The molecule has 22 heavy (non-hydrogen) atoms. The van der Waals surface area contributed by atoms with E-state index in [9.17, 15) is 8.78 Å². The molecule has 2 aromatic carbocycles. The van der Waals surface area contributed by atoms with Gasteiger partial charge < -0.3 is 5.11 Å². The number of hydrogen-bond acceptors (Lipinski definition) is 1. The number of rotatable bonds is 0. The molecule has 0 saturated carbocycles. The van der Waals surface area contributed by atoms with E-state index in [4.69, 9.17) is 5.11 Å². The van der Waals surface area contributed by atoms with E-state index in [-0.39, 0.29) is 18.2 Å². The average molecular weight is 363 g/mol. The van der Waals surface area contributed by atoms with E-state index in [2.05, 4.69) is 39.6 Å². The highest BCUT2D eigenvalue weighted by atomic mass is 79.9. The van der Waals surface area contributed by atoms with Gasteiger partial charge in [-0.05, 0) is 36.4 Å². The first kappa shape index (κ1) is 17.9. The average Bonchev–Trinajstić information content (AvgIpc) is 2.52. The van der Waals surface area contributed by atoms with Crippen LogP contribution in [0.1, 0.15) is 11.1 Å². The lowest BCUT2D eigenvalue weighted by Crippen LogP contribution is -1.78. The Morgan fingerprint density at radius 2 is 1.36 bits per heavy atom. The first-order valence-corrected chi connectivity index (χ1v) is 7.43. The zero-order valence-corrected chi connectivity index (χ0v) is 13.2. The summed E-state index contributed by atoms with van der Waals surface area (Å²) in [5.74, 6) is 10.1. The third-order valence-electron chi connectivity index (χ3n) is 2.26. The van der Waals surface area contributed by atoms with Crippen molar-refractivity contribution >= 4 is 15.9 Å². The maximum atomic E-state index is 12.5. The lowest BCUT2D eigenvalue weighted by molar-refractivity contribution is 0.350. The van der Waals surface area contributed by atoms with Crippen molar-refractivity contribution in [2.75, 3.05) is 11.9 Å². The Labute approximate surface area is 137 Å². The number of alkyl halides is 1. The van der Waals surface area contributed by atoms with E-state index in [1.54, 1.807) is 24.3 Å². The topological polar surface area (TPSA) is 20.2 Å². The van der Waals surface area contributed by atoms with Gasteiger partial charge in [0.2, 0.25) is 0 Å².